The van der Waals surface area contributed by atoms with Crippen LogP contribution in [0, 0.1) is 0 Å². The number of aliphatic hydroxyl groups excluding tert-OH is 1. The number of H-pyrrole nitrogens is 1. The van der Waals surface area contributed by atoms with Crippen molar-refractivity contribution < 1.29 is 5.11 Å². The molecule has 2 N–H and O–H groups in total. The van der Waals surface area contributed by atoms with E-state index in [1.54, 1.807) is 6.92 Å². The van der Waals surface area contributed by atoms with Gasteiger partial charge >= 0.3 is 0 Å². The summed E-state index contributed by atoms with van der Waals surface area (Å²) in [7, 11) is 0. The minimum absolute atomic E-state index is 0.301. The Hall–Kier alpha value is -1.68. The van der Waals surface area contributed by atoms with Gasteiger partial charge < -0.3 is 5.11 Å². The number of aromatic nitrogens is 3. The number of nitrogens with one attached hydrogen (secondary N) is 1. The number of aliphatic hydroxyl groups is 1. The molecular weight excluding hydrogens is 202 g/mol. The average Bonchev–Trinajstić information content (AvgIpc) is 2.76. The molecule has 0 spiro atoms. The van der Waals surface area contributed by atoms with Crippen molar-refractivity contribution in [1.29, 1.82) is 0 Å². The molecule has 16 heavy (non-hydrogen) atoms. The molecule has 1 aromatic carbocycles. The second-order valence-electron chi connectivity index (χ2n) is 3.86. The molecule has 84 valence electrons. The van der Waals surface area contributed by atoms with E-state index in [4.69, 9.17) is 0 Å². The van der Waals surface area contributed by atoms with Crippen molar-refractivity contribution in [2.45, 2.75) is 25.9 Å². The zero-order valence-electron chi connectivity index (χ0n) is 9.22. The Balaban J connectivity index is 2.08. The van der Waals surface area contributed by atoms with Gasteiger partial charge in [-0.2, -0.15) is 5.10 Å². The predicted octanol–water partition coefficient (Wildman–Crippen LogP) is 1.79. The highest BCUT2D eigenvalue weighted by molar-refractivity contribution is 5.53. The van der Waals surface area contributed by atoms with Crippen molar-refractivity contribution in [2.24, 2.45) is 0 Å². The maximum atomic E-state index is 9.18. The van der Waals surface area contributed by atoms with Crippen LogP contribution in [0.4, 0.5) is 0 Å². The first-order chi connectivity index (χ1) is 7.75. The summed E-state index contributed by atoms with van der Waals surface area (Å²) in [6.07, 6.45) is 1.12. The van der Waals surface area contributed by atoms with Crippen LogP contribution in [0.25, 0.3) is 11.4 Å². The second-order valence-corrected chi connectivity index (χ2v) is 3.86. The molecule has 0 aliphatic carbocycles. The van der Waals surface area contributed by atoms with E-state index in [2.05, 4.69) is 15.2 Å². The van der Waals surface area contributed by atoms with Gasteiger partial charge in [0.1, 0.15) is 5.82 Å². The summed E-state index contributed by atoms with van der Waals surface area (Å²) in [5.74, 6) is 1.53. The van der Waals surface area contributed by atoms with E-state index in [9.17, 15) is 5.11 Å². The molecule has 0 bridgehead atoms. The number of aryl methyl sites for hydroxylation is 1. The summed E-state index contributed by atoms with van der Waals surface area (Å²) in [6, 6.07) is 9.83. The molecule has 0 aliphatic rings. The monoisotopic (exact) mass is 217 g/mol. The molecule has 0 amide bonds. The van der Waals surface area contributed by atoms with Crippen molar-refractivity contribution in [1.82, 2.24) is 15.2 Å². The smallest absolute Gasteiger partial charge is 0.181 e. The fourth-order valence-electron chi connectivity index (χ4n) is 1.47. The zero-order valence-corrected chi connectivity index (χ0v) is 9.22. The summed E-state index contributed by atoms with van der Waals surface area (Å²) in [4.78, 5) is 4.37. The summed E-state index contributed by atoms with van der Waals surface area (Å²) in [6.45, 7) is 1.77. The first kappa shape index (κ1) is 10.8. The van der Waals surface area contributed by atoms with Gasteiger partial charge in [0, 0.05) is 12.0 Å². The largest absolute Gasteiger partial charge is 0.393 e. The van der Waals surface area contributed by atoms with Crippen LogP contribution in [-0.2, 0) is 6.42 Å². The van der Waals surface area contributed by atoms with E-state index in [0.717, 1.165) is 17.8 Å². The fraction of sp³-hybridized carbons (Fsp3) is 0.333. The summed E-state index contributed by atoms with van der Waals surface area (Å²) in [5, 5.41) is 16.2. The van der Waals surface area contributed by atoms with Crippen LogP contribution in [0.5, 0.6) is 0 Å². The van der Waals surface area contributed by atoms with Crippen molar-refractivity contribution in [3.8, 4) is 11.4 Å². The van der Waals surface area contributed by atoms with Crippen molar-refractivity contribution in [2.75, 3.05) is 0 Å². The molecule has 0 radical (unpaired) electrons. The minimum atomic E-state index is -0.301. The van der Waals surface area contributed by atoms with Gasteiger partial charge in [0.05, 0.1) is 6.10 Å². The van der Waals surface area contributed by atoms with Gasteiger partial charge in [-0.15, -0.1) is 0 Å². The highest BCUT2D eigenvalue weighted by Gasteiger charge is 2.06. The standard InChI is InChI=1S/C12H15N3O/c1-9(16)7-8-11-13-12(15-14-11)10-5-3-2-4-6-10/h2-6,9,16H,7-8H2,1H3,(H,13,14,15). The van der Waals surface area contributed by atoms with E-state index < -0.39 is 0 Å². The van der Waals surface area contributed by atoms with Crippen LogP contribution >= 0.6 is 0 Å². The number of nitrogens with zero attached hydrogens (tertiary/aromatic N) is 2. The van der Waals surface area contributed by atoms with Crippen molar-refractivity contribution >= 4 is 0 Å². The number of benzene rings is 1. The van der Waals surface area contributed by atoms with Crippen LogP contribution in [0.15, 0.2) is 30.3 Å². The molecule has 4 nitrogen and oxygen atoms in total. The van der Waals surface area contributed by atoms with E-state index in [1.807, 2.05) is 30.3 Å². The van der Waals surface area contributed by atoms with Crippen LogP contribution < -0.4 is 0 Å². The van der Waals surface area contributed by atoms with Gasteiger partial charge in [-0.1, -0.05) is 30.3 Å². The number of rotatable bonds is 4. The first-order valence-corrected chi connectivity index (χ1v) is 5.40. The van der Waals surface area contributed by atoms with E-state index in [0.29, 0.717) is 12.2 Å². The number of hydrogen-bond donors (Lipinski definition) is 2. The van der Waals surface area contributed by atoms with Crippen LogP contribution in [0.3, 0.4) is 0 Å². The van der Waals surface area contributed by atoms with Crippen LogP contribution in [-0.4, -0.2) is 26.4 Å². The molecule has 2 rings (SSSR count). The topological polar surface area (TPSA) is 61.8 Å². The van der Waals surface area contributed by atoms with Gasteiger partial charge in [0.2, 0.25) is 0 Å². The molecule has 0 saturated carbocycles. The molecule has 0 saturated heterocycles. The third-order valence-electron chi connectivity index (χ3n) is 2.36. The summed E-state index contributed by atoms with van der Waals surface area (Å²) in [5.41, 5.74) is 1.00. The van der Waals surface area contributed by atoms with Gasteiger partial charge in [-0.25, -0.2) is 4.98 Å². The minimum Gasteiger partial charge on any atom is -0.393 e. The van der Waals surface area contributed by atoms with Crippen LogP contribution in [0.1, 0.15) is 19.2 Å². The molecule has 0 aliphatic heterocycles. The molecule has 1 unspecified atom stereocenters. The summed E-state index contributed by atoms with van der Waals surface area (Å²) >= 11 is 0. The normalized spacial score (nSPS) is 12.6. The molecular formula is C12H15N3O. The Labute approximate surface area is 94.4 Å². The Morgan fingerprint density at radius 1 is 1.31 bits per heavy atom. The molecule has 0 fully saturated rings. The average molecular weight is 217 g/mol. The molecule has 1 aromatic heterocycles. The quantitative estimate of drug-likeness (QED) is 0.820. The van der Waals surface area contributed by atoms with Gasteiger partial charge in [0.15, 0.2) is 5.82 Å². The SMILES string of the molecule is CC(O)CCc1nc(-c2ccccc2)n[nH]1. The van der Waals surface area contributed by atoms with Crippen LogP contribution in [0.2, 0.25) is 0 Å². The first-order valence-electron chi connectivity index (χ1n) is 5.40. The molecule has 1 heterocycles. The maximum Gasteiger partial charge on any atom is 0.181 e. The zero-order chi connectivity index (χ0) is 11.4. The Morgan fingerprint density at radius 3 is 2.75 bits per heavy atom. The van der Waals surface area contributed by atoms with Gasteiger partial charge in [0.25, 0.3) is 0 Å². The highest BCUT2D eigenvalue weighted by Crippen LogP contribution is 2.13. The van der Waals surface area contributed by atoms with Gasteiger partial charge in [-0.3, -0.25) is 5.10 Å². The van der Waals surface area contributed by atoms with E-state index in [1.165, 1.54) is 0 Å². The predicted molar refractivity (Wildman–Crippen MR) is 61.8 cm³/mol. The van der Waals surface area contributed by atoms with Crippen molar-refractivity contribution in [3.63, 3.8) is 0 Å². The second kappa shape index (κ2) is 4.90. The lowest BCUT2D eigenvalue weighted by atomic mass is 10.2. The lowest BCUT2D eigenvalue weighted by Gasteiger charge is -1.99. The van der Waals surface area contributed by atoms with Crippen molar-refractivity contribution in [3.05, 3.63) is 36.2 Å². The Morgan fingerprint density at radius 2 is 2.06 bits per heavy atom. The summed E-state index contributed by atoms with van der Waals surface area (Å²) < 4.78 is 0. The molecule has 1 atom stereocenters. The lowest BCUT2D eigenvalue weighted by molar-refractivity contribution is 0.184. The Bertz CT molecular complexity index is 437. The molecule has 4 heteroatoms. The number of hydrogen-bond acceptors (Lipinski definition) is 3. The molecule has 2 aromatic rings. The fourth-order valence-corrected chi connectivity index (χ4v) is 1.47. The number of aromatic amines is 1. The maximum absolute atomic E-state index is 9.18. The van der Waals surface area contributed by atoms with Gasteiger partial charge in [-0.05, 0) is 13.3 Å². The Kier molecular flexibility index (Phi) is 3.31. The van der Waals surface area contributed by atoms with E-state index >= 15 is 0 Å². The highest BCUT2D eigenvalue weighted by atomic mass is 16.3. The van der Waals surface area contributed by atoms with E-state index in [-0.39, 0.29) is 6.10 Å². The lowest BCUT2D eigenvalue weighted by Crippen LogP contribution is -2.02. The third-order valence-corrected chi connectivity index (χ3v) is 2.36. The third kappa shape index (κ3) is 2.67.